The van der Waals surface area contributed by atoms with Crippen LogP contribution in [-0.4, -0.2) is 29.7 Å². The molecule has 6 nitrogen and oxygen atoms in total. The molecule has 2 aromatic rings. The van der Waals surface area contributed by atoms with E-state index >= 15 is 0 Å². The van der Waals surface area contributed by atoms with Crippen molar-refractivity contribution in [3.8, 4) is 11.5 Å². The maximum Gasteiger partial charge on any atom is 0.331 e. The Hall–Kier alpha value is -3.28. The monoisotopic (exact) mass is 381 g/mol. The average molecular weight is 381 g/mol. The van der Waals surface area contributed by atoms with Gasteiger partial charge in [0, 0.05) is 29.6 Å². The lowest BCUT2D eigenvalue weighted by molar-refractivity contribution is -0.136. The van der Waals surface area contributed by atoms with Crippen LogP contribution >= 0.6 is 0 Å². The Kier molecular flexibility index (Phi) is 5.99. The SMILES string of the molecule is C/C=C/C=C/C(=O)OCC(=O)c1cc(C)n(Cc2ccc3c(c2)OCO3)c1C. The van der Waals surface area contributed by atoms with Crippen LogP contribution in [0.15, 0.2) is 48.6 Å². The summed E-state index contributed by atoms with van der Waals surface area (Å²) in [4.78, 5) is 24.1. The second kappa shape index (κ2) is 8.61. The number of carbonyl (C=O) groups excluding carboxylic acids is 2. The molecule has 0 aliphatic carbocycles. The van der Waals surface area contributed by atoms with E-state index in [1.54, 1.807) is 18.2 Å². The van der Waals surface area contributed by atoms with Crippen molar-refractivity contribution in [3.05, 3.63) is 71.1 Å². The maximum absolute atomic E-state index is 12.5. The number of carbonyl (C=O) groups is 2. The molecule has 0 amide bonds. The summed E-state index contributed by atoms with van der Waals surface area (Å²) in [6.07, 6.45) is 6.37. The van der Waals surface area contributed by atoms with Gasteiger partial charge in [-0.2, -0.15) is 0 Å². The molecule has 146 valence electrons. The third kappa shape index (κ3) is 4.34. The fraction of sp³-hybridized carbons (Fsp3) is 0.273. The van der Waals surface area contributed by atoms with E-state index in [1.165, 1.54) is 6.08 Å². The van der Waals surface area contributed by atoms with Gasteiger partial charge >= 0.3 is 5.97 Å². The number of ketones is 1. The summed E-state index contributed by atoms with van der Waals surface area (Å²) in [5, 5.41) is 0. The molecule has 6 heteroatoms. The van der Waals surface area contributed by atoms with Crippen molar-refractivity contribution in [1.82, 2.24) is 4.57 Å². The first-order valence-electron chi connectivity index (χ1n) is 9.04. The minimum Gasteiger partial charge on any atom is -0.454 e. The van der Waals surface area contributed by atoms with Crippen molar-refractivity contribution in [1.29, 1.82) is 0 Å². The number of aryl methyl sites for hydroxylation is 1. The summed E-state index contributed by atoms with van der Waals surface area (Å²) >= 11 is 0. The van der Waals surface area contributed by atoms with E-state index in [-0.39, 0.29) is 19.2 Å². The molecule has 1 aliphatic heterocycles. The minimum absolute atomic E-state index is 0.224. The van der Waals surface area contributed by atoms with Crippen molar-refractivity contribution >= 4 is 11.8 Å². The second-order valence-electron chi connectivity index (χ2n) is 6.47. The first-order valence-corrected chi connectivity index (χ1v) is 9.04. The highest BCUT2D eigenvalue weighted by Crippen LogP contribution is 2.33. The predicted molar refractivity (Wildman–Crippen MR) is 105 cm³/mol. The van der Waals surface area contributed by atoms with Crippen LogP contribution in [0.5, 0.6) is 11.5 Å². The van der Waals surface area contributed by atoms with Crippen LogP contribution in [0, 0.1) is 13.8 Å². The molecule has 0 bridgehead atoms. The highest BCUT2D eigenvalue weighted by Gasteiger charge is 2.18. The van der Waals surface area contributed by atoms with Gasteiger partial charge in [0.25, 0.3) is 0 Å². The number of rotatable bonds is 7. The lowest BCUT2D eigenvalue weighted by atomic mass is 10.1. The van der Waals surface area contributed by atoms with Gasteiger partial charge in [0.05, 0.1) is 0 Å². The van der Waals surface area contributed by atoms with E-state index in [1.807, 2.05) is 45.0 Å². The quantitative estimate of drug-likeness (QED) is 0.316. The van der Waals surface area contributed by atoms with Crippen LogP contribution in [0.25, 0.3) is 0 Å². The molecule has 0 radical (unpaired) electrons. The molecular weight excluding hydrogens is 358 g/mol. The Labute approximate surface area is 164 Å². The number of benzene rings is 1. The number of esters is 1. The van der Waals surface area contributed by atoms with Gasteiger partial charge in [-0.15, -0.1) is 0 Å². The Balaban J connectivity index is 1.69. The molecular formula is C22H23NO5. The molecule has 1 aromatic heterocycles. The summed E-state index contributed by atoms with van der Waals surface area (Å²) in [6, 6.07) is 7.64. The van der Waals surface area contributed by atoms with E-state index in [0.717, 1.165) is 28.5 Å². The zero-order chi connectivity index (χ0) is 20.1. The summed E-state index contributed by atoms with van der Waals surface area (Å²) in [6.45, 7) is 6.24. The highest BCUT2D eigenvalue weighted by molar-refractivity contribution is 5.99. The van der Waals surface area contributed by atoms with E-state index in [2.05, 4.69) is 4.57 Å². The van der Waals surface area contributed by atoms with Crippen molar-refractivity contribution in [2.75, 3.05) is 13.4 Å². The second-order valence-corrected chi connectivity index (χ2v) is 6.47. The first kappa shape index (κ1) is 19.5. The number of fused-ring (bicyclic) bond motifs is 1. The summed E-state index contributed by atoms with van der Waals surface area (Å²) in [7, 11) is 0. The molecule has 0 atom stereocenters. The van der Waals surface area contributed by atoms with Gasteiger partial charge in [-0.3, -0.25) is 4.79 Å². The summed E-state index contributed by atoms with van der Waals surface area (Å²) in [5.41, 5.74) is 3.40. The Morgan fingerprint density at radius 3 is 2.71 bits per heavy atom. The van der Waals surface area contributed by atoms with Gasteiger partial charge in [0.2, 0.25) is 12.6 Å². The maximum atomic E-state index is 12.5. The highest BCUT2D eigenvalue weighted by atomic mass is 16.7. The molecule has 0 saturated carbocycles. The largest absolute Gasteiger partial charge is 0.454 e. The van der Waals surface area contributed by atoms with Gasteiger partial charge in [0.1, 0.15) is 0 Å². The van der Waals surface area contributed by atoms with Crippen LogP contribution < -0.4 is 9.47 Å². The normalized spacial score (nSPS) is 12.8. The Bertz CT molecular complexity index is 952. The van der Waals surface area contributed by atoms with Crippen LogP contribution in [0.2, 0.25) is 0 Å². The first-order chi connectivity index (χ1) is 13.5. The fourth-order valence-corrected chi connectivity index (χ4v) is 3.06. The molecule has 0 saturated heterocycles. The smallest absolute Gasteiger partial charge is 0.331 e. The minimum atomic E-state index is -0.541. The van der Waals surface area contributed by atoms with E-state index < -0.39 is 5.97 Å². The molecule has 0 fully saturated rings. The predicted octanol–water partition coefficient (Wildman–Crippen LogP) is 3.74. The summed E-state index contributed by atoms with van der Waals surface area (Å²) < 4.78 is 17.8. The molecule has 28 heavy (non-hydrogen) atoms. The zero-order valence-corrected chi connectivity index (χ0v) is 16.2. The molecule has 0 unspecified atom stereocenters. The third-order valence-corrected chi connectivity index (χ3v) is 4.53. The molecule has 3 rings (SSSR count). The standard InChI is InChI=1S/C22H23NO5/c1-4-5-6-7-22(25)26-13-19(24)18-10-15(2)23(16(18)3)12-17-8-9-20-21(11-17)28-14-27-20/h4-11H,12-14H2,1-3H3/b5-4+,7-6+. The van der Waals surface area contributed by atoms with Crippen molar-refractivity contribution < 1.29 is 23.8 Å². The topological polar surface area (TPSA) is 66.8 Å². The molecule has 2 heterocycles. The van der Waals surface area contributed by atoms with Gasteiger partial charge in [-0.1, -0.05) is 24.3 Å². The summed E-state index contributed by atoms with van der Waals surface area (Å²) in [5.74, 6) is 0.707. The van der Waals surface area contributed by atoms with Crippen LogP contribution in [-0.2, 0) is 16.1 Å². The van der Waals surface area contributed by atoms with Gasteiger partial charge < -0.3 is 18.8 Å². The Morgan fingerprint density at radius 1 is 1.14 bits per heavy atom. The number of nitrogens with zero attached hydrogens (tertiary/aromatic N) is 1. The van der Waals surface area contributed by atoms with Gasteiger partial charge in [0.15, 0.2) is 18.1 Å². The number of aromatic nitrogens is 1. The lowest BCUT2D eigenvalue weighted by Gasteiger charge is -2.10. The number of hydrogen-bond donors (Lipinski definition) is 0. The Morgan fingerprint density at radius 2 is 1.93 bits per heavy atom. The van der Waals surface area contributed by atoms with Crippen molar-refractivity contribution in [2.24, 2.45) is 0 Å². The van der Waals surface area contributed by atoms with E-state index in [4.69, 9.17) is 14.2 Å². The molecule has 1 aliphatic rings. The average Bonchev–Trinajstić information content (AvgIpc) is 3.25. The van der Waals surface area contributed by atoms with Crippen LogP contribution in [0.3, 0.4) is 0 Å². The van der Waals surface area contributed by atoms with Gasteiger partial charge in [-0.05, 0) is 44.5 Å². The van der Waals surface area contributed by atoms with Crippen LogP contribution in [0.1, 0.15) is 34.2 Å². The molecule has 0 spiro atoms. The van der Waals surface area contributed by atoms with Crippen molar-refractivity contribution in [2.45, 2.75) is 27.3 Å². The zero-order valence-electron chi connectivity index (χ0n) is 16.2. The van der Waals surface area contributed by atoms with E-state index in [9.17, 15) is 9.59 Å². The van der Waals surface area contributed by atoms with Gasteiger partial charge in [-0.25, -0.2) is 4.79 Å². The number of hydrogen-bond acceptors (Lipinski definition) is 5. The number of ether oxygens (including phenoxy) is 3. The third-order valence-electron chi connectivity index (χ3n) is 4.53. The lowest BCUT2D eigenvalue weighted by Crippen LogP contribution is -2.13. The van der Waals surface area contributed by atoms with E-state index in [0.29, 0.717) is 12.1 Å². The number of allylic oxidation sites excluding steroid dienone is 3. The molecule has 1 aromatic carbocycles. The van der Waals surface area contributed by atoms with Crippen LogP contribution in [0.4, 0.5) is 0 Å². The fourth-order valence-electron chi connectivity index (χ4n) is 3.06. The number of Topliss-reactive ketones (excluding diaryl/α,β-unsaturated/α-hetero) is 1. The molecule has 0 N–H and O–H groups in total. The van der Waals surface area contributed by atoms with Crippen molar-refractivity contribution in [3.63, 3.8) is 0 Å².